The molecule has 148 valence electrons. The van der Waals surface area contributed by atoms with E-state index in [-0.39, 0.29) is 34.1 Å². The van der Waals surface area contributed by atoms with Crippen LogP contribution in [0.15, 0.2) is 23.2 Å². The summed E-state index contributed by atoms with van der Waals surface area (Å²) < 4.78 is 11.5. The van der Waals surface area contributed by atoms with Gasteiger partial charge in [-0.3, -0.25) is 4.99 Å². The van der Waals surface area contributed by atoms with E-state index in [9.17, 15) is 0 Å². The average molecular weight is 493 g/mol. The summed E-state index contributed by atoms with van der Waals surface area (Å²) in [6.07, 6.45) is 2.13. The second-order valence-electron chi connectivity index (χ2n) is 7.49. The van der Waals surface area contributed by atoms with E-state index >= 15 is 0 Å². The number of hydrogen-bond acceptors (Lipinski definition) is 4. The largest absolute Gasteiger partial charge is 0.486 e. The molecule has 1 aromatic rings. The van der Waals surface area contributed by atoms with Crippen LogP contribution < -0.4 is 20.1 Å². The van der Waals surface area contributed by atoms with Gasteiger partial charge in [0.25, 0.3) is 0 Å². The maximum Gasteiger partial charge on any atom is 0.191 e. The molecule has 5 nitrogen and oxygen atoms in total. The number of halogens is 1. The average Bonchev–Trinajstić information content (AvgIpc) is 2.61. The zero-order valence-corrected chi connectivity index (χ0v) is 19.8. The lowest BCUT2D eigenvalue weighted by atomic mass is 9.84. The van der Waals surface area contributed by atoms with Gasteiger partial charge >= 0.3 is 0 Å². The van der Waals surface area contributed by atoms with E-state index in [2.05, 4.69) is 61.7 Å². The number of hydrogen-bond donors (Lipinski definition) is 2. The molecular formula is C19H32IN3O2S. The molecule has 0 amide bonds. The van der Waals surface area contributed by atoms with Crippen LogP contribution in [0.25, 0.3) is 0 Å². The Kier molecular flexibility index (Phi) is 8.85. The van der Waals surface area contributed by atoms with Crippen molar-refractivity contribution in [1.82, 2.24) is 10.6 Å². The first-order valence-corrected chi connectivity index (χ1v) is 9.90. The van der Waals surface area contributed by atoms with Crippen molar-refractivity contribution in [3.05, 3.63) is 23.8 Å². The van der Waals surface area contributed by atoms with Gasteiger partial charge < -0.3 is 20.1 Å². The number of ether oxygens (including phenoxy) is 2. The van der Waals surface area contributed by atoms with Crippen molar-refractivity contribution in [1.29, 1.82) is 0 Å². The van der Waals surface area contributed by atoms with Crippen molar-refractivity contribution in [2.75, 3.05) is 39.6 Å². The molecule has 0 atom stereocenters. The van der Waals surface area contributed by atoms with Gasteiger partial charge in [0.05, 0.1) is 0 Å². The molecule has 2 N–H and O–H groups in total. The van der Waals surface area contributed by atoms with Crippen molar-refractivity contribution in [2.45, 2.75) is 37.9 Å². The third-order valence-electron chi connectivity index (χ3n) is 4.48. The van der Waals surface area contributed by atoms with Crippen LogP contribution in [0.1, 0.15) is 33.3 Å². The van der Waals surface area contributed by atoms with Gasteiger partial charge in [-0.05, 0) is 37.8 Å². The fourth-order valence-electron chi connectivity index (χ4n) is 2.46. The molecule has 1 heterocycles. The molecule has 0 fully saturated rings. The van der Waals surface area contributed by atoms with E-state index in [4.69, 9.17) is 9.47 Å². The molecular weight excluding hydrogens is 461 g/mol. The molecule has 1 aromatic carbocycles. The van der Waals surface area contributed by atoms with E-state index in [1.807, 2.05) is 17.8 Å². The zero-order valence-electron chi connectivity index (χ0n) is 16.6. The SMILES string of the molecule is CN=C(NCC(C)(C)SC)NCC(C)(C)c1ccc2c(c1)OCCO2.I. The summed E-state index contributed by atoms with van der Waals surface area (Å²) in [5.41, 5.74) is 1.15. The van der Waals surface area contributed by atoms with Crippen LogP contribution in [0.3, 0.4) is 0 Å². The van der Waals surface area contributed by atoms with Gasteiger partial charge in [-0.2, -0.15) is 11.8 Å². The van der Waals surface area contributed by atoms with E-state index in [1.165, 1.54) is 5.56 Å². The molecule has 7 heteroatoms. The van der Waals surface area contributed by atoms with Gasteiger partial charge in [0, 0.05) is 30.3 Å². The number of rotatable bonds is 6. The van der Waals surface area contributed by atoms with Crippen LogP contribution in [0.5, 0.6) is 11.5 Å². The highest BCUT2D eigenvalue weighted by Gasteiger charge is 2.24. The van der Waals surface area contributed by atoms with Crippen molar-refractivity contribution in [3.63, 3.8) is 0 Å². The highest BCUT2D eigenvalue weighted by Crippen LogP contribution is 2.34. The Morgan fingerprint density at radius 1 is 1.08 bits per heavy atom. The summed E-state index contributed by atoms with van der Waals surface area (Å²) in [6.45, 7) is 11.7. The summed E-state index contributed by atoms with van der Waals surface area (Å²) in [6, 6.07) is 6.20. The number of fused-ring (bicyclic) bond motifs is 1. The summed E-state index contributed by atoms with van der Waals surface area (Å²) in [5.74, 6) is 2.49. The highest BCUT2D eigenvalue weighted by atomic mass is 127. The van der Waals surface area contributed by atoms with Gasteiger partial charge in [-0.15, -0.1) is 24.0 Å². The van der Waals surface area contributed by atoms with Gasteiger partial charge in [-0.1, -0.05) is 19.9 Å². The van der Waals surface area contributed by atoms with Crippen LogP contribution in [-0.4, -0.2) is 50.3 Å². The molecule has 0 unspecified atom stereocenters. The molecule has 0 radical (unpaired) electrons. The Morgan fingerprint density at radius 3 is 2.31 bits per heavy atom. The summed E-state index contributed by atoms with van der Waals surface area (Å²) in [4.78, 5) is 4.33. The monoisotopic (exact) mass is 493 g/mol. The highest BCUT2D eigenvalue weighted by molar-refractivity contribution is 14.0. The molecule has 0 saturated heterocycles. The Balaban J connectivity index is 0.00000338. The molecule has 1 aliphatic rings. The van der Waals surface area contributed by atoms with Gasteiger partial charge in [0.1, 0.15) is 13.2 Å². The number of nitrogens with one attached hydrogen (secondary N) is 2. The Bertz CT molecular complexity index is 621. The lowest BCUT2D eigenvalue weighted by Gasteiger charge is -2.29. The number of nitrogens with zero attached hydrogens (tertiary/aromatic N) is 1. The lowest BCUT2D eigenvalue weighted by molar-refractivity contribution is 0.171. The quantitative estimate of drug-likeness (QED) is 0.360. The third-order valence-corrected chi connectivity index (χ3v) is 5.73. The van der Waals surface area contributed by atoms with Gasteiger partial charge in [-0.25, -0.2) is 0 Å². The van der Waals surface area contributed by atoms with E-state index in [0.717, 1.165) is 30.5 Å². The predicted molar refractivity (Wildman–Crippen MR) is 123 cm³/mol. The molecule has 2 rings (SSSR count). The van der Waals surface area contributed by atoms with Gasteiger partial charge in [0.15, 0.2) is 17.5 Å². The molecule has 0 spiro atoms. The van der Waals surface area contributed by atoms with Crippen molar-refractivity contribution < 1.29 is 9.47 Å². The molecule has 0 bridgehead atoms. The van der Waals surface area contributed by atoms with Crippen LogP contribution in [0.4, 0.5) is 0 Å². The second-order valence-corrected chi connectivity index (χ2v) is 9.00. The number of benzene rings is 1. The van der Waals surface area contributed by atoms with Crippen molar-refractivity contribution in [3.8, 4) is 11.5 Å². The molecule has 0 aromatic heterocycles. The summed E-state index contributed by atoms with van der Waals surface area (Å²) in [7, 11) is 1.80. The smallest absolute Gasteiger partial charge is 0.191 e. The standard InChI is InChI=1S/C19H31N3O2S.HI/c1-18(2,12-21-17(20-5)22-13-19(3,4)25-6)14-7-8-15-16(11-14)24-10-9-23-15;/h7-8,11H,9-10,12-13H2,1-6H3,(H2,20,21,22);1H. The predicted octanol–water partition coefficient (Wildman–Crippen LogP) is 3.66. The lowest BCUT2D eigenvalue weighted by Crippen LogP contribution is -2.46. The Hall–Kier alpha value is -0.830. The van der Waals surface area contributed by atoms with Crippen LogP contribution in [0, 0.1) is 0 Å². The second kappa shape index (κ2) is 9.92. The summed E-state index contributed by atoms with van der Waals surface area (Å²) >= 11 is 1.84. The number of guanidine groups is 1. The number of aliphatic imine (C=N–C) groups is 1. The fraction of sp³-hybridized carbons (Fsp3) is 0.632. The van der Waals surface area contributed by atoms with E-state index in [0.29, 0.717) is 13.2 Å². The minimum absolute atomic E-state index is 0. The van der Waals surface area contributed by atoms with Crippen LogP contribution in [-0.2, 0) is 5.41 Å². The first kappa shape index (κ1) is 23.2. The zero-order chi connectivity index (χ0) is 18.5. The minimum Gasteiger partial charge on any atom is -0.486 e. The maximum absolute atomic E-state index is 5.71. The fourth-order valence-corrected chi connectivity index (χ4v) is 2.68. The minimum atomic E-state index is -0.0670. The van der Waals surface area contributed by atoms with E-state index in [1.54, 1.807) is 7.05 Å². The van der Waals surface area contributed by atoms with Crippen LogP contribution >= 0.6 is 35.7 Å². The topological polar surface area (TPSA) is 54.9 Å². The van der Waals surface area contributed by atoms with Crippen LogP contribution in [0.2, 0.25) is 0 Å². The summed E-state index contributed by atoms with van der Waals surface area (Å²) in [5, 5.41) is 6.85. The Morgan fingerprint density at radius 2 is 1.69 bits per heavy atom. The maximum atomic E-state index is 5.71. The molecule has 0 aliphatic carbocycles. The van der Waals surface area contributed by atoms with Crippen molar-refractivity contribution >= 4 is 41.7 Å². The van der Waals surface area contributed by atoms with E-state index < -0.39 is 0 Å². The molecule has 0 saturated carbocycles. The normalized spacial score (nSPS) is 14.5. The van der Waals surface area contributed by atoms with Gasteiger partial charge in [0.2, 0.25) is 0 Å². The third kappa shape index (κ3) is 6.40. The number of thioether (sulfide) groups is 1. The van der Waals surface area contributed by atoms with Crippen molar-refractivity contribution in [2.24, 2.45) is 4.99 Å². The Labute approximate surface area is 179 Å². The first-order valence-electron chi connectivity index (χ1n) is 8.67. The first-order chi connectivity index (χ1) is 11.8. The molecule has 26 heavy (non-hydrogen) atoms. The molecule has 1 aliphatic heterocycles.